The summed E-state index contributed by atoms with van der Waals surface area (Å²) in [7, 11) is 0. The Morgan fingerprint density at radius 1 is 1.09 bits per heavy atom. The van der Waals surface area contributed by atoms with Gasteiger partial charge in [0.05, 0.1) is 35.1 Å². The lowest BCUT2D eigenvalue weighted by atomic mass is 9.95. The molecule has 0 saturated carbocycles. The van der Waals surface area contributed by atoms with Crippen LogP contribution in [0.3, 0.4) is 0 Å². The highest BCUT2D eigenvalue weighted by molar-refractivity contribution is 7.07. The van der Waals surface area contributed by atoms with Gasteiger partial charge in [0, 0.05) is 16.1 Å². The molecule has 0 radical (unpaired) electrons. The van der Waals surface area contributed by atoms with Crippen molar-refractivity contribution in [3.63, 3.8) is 0 Å². The molecule has 0 saturated heterocycles. The average Bonchev–Trinajstić information content (AvgIpc) is 3.64. The number of fused-ring (bicyclic) bond motifs is 2. The monoisotopic (exact) mass is 672 g/mol. The summed E-state index contributed by atoms with van der Waals surface area (Å²) in [5.74, 6) is 1.73. The first-order chi connectivity index (χ1) is 22.8. The van der Waals surface area contributed by atoms with Gasteiger partial charge in [-0.1, -0.05) is 53.3 Å². The molecule has 0 spiro atoms. The van der Waals surface area contributed by atoms with E-state index in [0.717, 1.165) is 16.7 Å². The summed E-state index contributed by atoms with van der Waals surface area (Å²) in [6, 6.07) is 15.9. The Morgan fingerprint density at radius 3 is 2.66 bits per heavy atom. The lowest BCUT2D eigenvalue weighted by molar-refractivity contribution is -0.139. The van der Waals surface area contributed by atoms with Crippen molar-refractivity contribution in [3.8, 4) is 23.0 Å². The number of carbonyl (C=O) groups excluding carboxylic acids is 1. The van der Waals surface area contributed by atoms with Crippen LogP contribution in [0, 0.1) is 0 Å². The number of hydrogen-bond donors (Lipinski definition) is 0. The average molecular weight is 673 g/mol. The molecule has 0 amide bonds. The SMILES string of the molecule is C=CCc1cc(/C=c2/sc3n(c2=O)[C@@H](c2ccc4c(c2)OCO4)C(C(=O)OCC)=C(C)N=3)cc(OCC)c1OCc1ccccc1Cl. The van der Waals surface area contributed by atoms with Gasteiger partial charge in [0.25, 0.3) is 5.56 Å². The standard InChI is InChI=1S/C36H33ClN2O7S/c1-5-10-24-15-22(16-29(42-6-2)33(24)44-19-25-11-8-9-12-26(25)37)17-30-34(40)39-32(23-13-14-27-28(18-23)46-20-45-27)31(35(41)43-7-3)21(4)38-36(39)47-30/h5,8-9,11-18,32H,1,6-7,10,19-20H2,2-4H3/b30-17+/t32-/m0/s1. The highest BCUT2D eigenvalue weighted by Crippen LogP contribution is 2.39. The molecule has 9 nitrogen and oxygen atoms in total. The van der Waals surface area contributed by atoms with Crippen LogP contribution >= 0.6 is 22.9 Å². The number of thiazole rings is 1. The number of nitrogens with zero attached hydrogens (tertiary/aromatic N) is 2. The lowest BCUT2D eigenvalue weighted by Gasteiger charge is -2.24. The summed E-state index contributed by atoms with van der Waals surface area (Å²) in [4.78, 5) is 32.6. The van der Waals surface area contributed by atoms with E-state index < -0.39 is 12.0 Å². The zero-order valence-electron chi connectivity index (χ0n) is 26.2. The summed E-state index contributed by atoms with van der Waals surface area (Å²) in [5.41, 5.74) is 3.57. The minimum absolute atomic E-state index is 0.0998. The molecule has 2 aliphatic heterocycles. The van der Waals surface area contributed by atoms with E-state index in [1.807, 2.05) is 49.4 Å². The number of esters is 1. The molecule has 0 fully saturated rings. The number of allylic oxidation sites excluding steroid dienone is 2. The van der Waals surface area contributed by atoms with Gasteiger partial charge in [-0.2, -0.15) is 0 Å². The van der Waals surface area contributed by atoms with Gasteiger partial charge in [0.2, 0.25) is 6.79 Å². The topological polar surface area (TPSA) is 97.6 Å². The largest absolute Gasteiger partial charge is 0.490 e. The molecule has 4 aromatic rings. The molecule has 6 rings (SSSR count). The molecule has 3 heterocycles. The third kappa shape index (κ3) is 6.43. The van der Waals surface area contributed by atoms with Crippen LogP contribution in [-0.4, -0.2) is 30.5 Å². The Labute approximate surface area is 280 Å². The summed E-state index contributed by atoms with van der Waals surface area (Å²) in [5, 5.41) is 0.614. The van der Waals surface area contributed by atoms with Crippen molar-refractivity contribution in [2.45, 2.75) is 39.8 Å². The van der Waals surface area contributed by atoms with Gasteiger partial charge in [-0.05, 0) is 74.7 Å². The molecule has 0 N–H and O–H groups in total. The van der Waals surface area contributed by atoms with Crippen molar-refractivity contribution in [1.29, 1.82) is 0 Å². The van der Waals surface area contributed by atoms with Crippen LogP contribution in [0.2, 0.25) is 5.02 Å². The van der Waals surface area contributed by atoms with E-state index in [4.69, 9.17) is 35.3 Å². The Morgan fingerprint density at radius 2 is 1.89 bits per heavy atom. The molecule has 11 heteroatoms. The highest BCUT2D eigenvalue weighted by Gasteiger charge is 2.34. The Kier molecular flexibility index (Phi) is 9.51. The highest BCUT2D eigenvalue weighted by atomic mass is 35.5. The van der Waals surface area contributed by atoms with Gasteiger partial charge in [0.15, 0.2) is 27.8 Å². The fourth-order valence-electron chi connectivity index (χ4n) is 5.61. The molecular weight excluding hydrogens is 640 g/mol. The normalized spacial score (nSPS) is 15.2. The Hall–Kier alpha value is -4.80. The number of benzene rings is 3. The van der Waals surface area contributed by atoms with Gasteiger partial charge in [0.1, 0.15) is 6.61 Å². The van der Waals surface area contributed by atoms with E-state index in [1.165, 1.54) is 11.3 Å². The fraction of sp³-hybridized carbons (Fsp3) is 0.250. The molecule has 1 aromatic heterocycles. The van der Waals surface area contributed by atoms with Gasteiger partial charge >= 0.3 is 5.97 Å². The molecular formula is C36H33ClN2O7S. The van der Waals surface area contributed by atoms with Crippen LogP contribution in [-0.2, 0) is 22.6 Å². The number of rotatable bonds is 11. The molecule has 1 atom stereocenters. The van der Waals surface area contributed by atoms with Crippen LogP contribution in [0.4, 0.5) is 0 Å². The van der Waals surface area contributed by atoms with Crippen LogP contribution in [0.25, 0.3) is 6.08 Å². The van der Waals surface area contributed by atoms with Crippen LogP contribution in [0.1, 0.15) is 49.1 Å². The van der Waals surface area contributed by atoms with Gasteiger partial charge in [-0.3, -0.25) is 9.36 Å². The quantitative estimate of drug-likeness (QED) is 0.145. The first-order valence-electron chi connectivity index (χ1n) is 15.2. The fourth-order valence-corrected chi connectivity index (χ4v) is 6.84. The predicted molar refractivity (Wildman–Crippen MR) is 180 cm³/mol. The van der Waals surface area contributed by atoms with Gasteiger partial charge in [-0.15, -0.1) is 6.58 Å². The number of halogens is 1. The first kappa shape index (κ1) is 32.2. The van der Waals surface area contributed by atoms with E-state index in [0.29, 0.717) is 61.6 Å². The van der Waals surface area contributed by atoms with Crippen LogP contribution < -0.4 is 33.8 Å². The molecule has 0 bridgehead atoms. The summed E-state index contributed by atoms with van der Waals surface area (Å²) in [6.07, 6.45) is 4.10. The Balaban J connectivity index is 1.46. The Bertz CT molecular complexity index is 2080. The molecule has 0 aliphatic carbocycles. The number of carbonyl (C=O) groups is 1. The van der Waals surface area contributed by atoms with Crippen molar-refractivity contribution in [3.05, 3.63) is 125 Å². The molecule has 242 valence electrons. The van der Waals surface area contributed by atoms with E-state index >= 15 is 0 Å². The zero-order valence-corrected chi connectivity index (χ0v) is 27.8. The predicted octanol–water partition coefficient (Wildman–Crippen LogP) is 5.89. The smallest absolute Gasteiger partial charge is 0.338 e. The second-order valence-corrected chi connectivity index (χ2v) is 12.1. The van der Waals surface area contributed by atoms with Gasteiger partial charge < -0.3 is 23.7 Å². The minimum Gasteiger partial charge on any atom is -0.490 e. The lowest BCUT2D eigenvalue weighted by Crippen LogP contribution is -2.39. The zero-order chi connectivity index (χ0) is 33.1. The van der Waals surface area contributed by atoms with Crippen molar-refractivity contribution in [2.24, 2.45) is 4.99 Å². The number of hydrogen-bond acceptors (Lipinski definition) is 9. The third-order valence-corrected chi connectivity index (χ3v) is 9.03. The second-order valence-electron chi connectivity index (χ2n) is 10.7. The van der Waals surface area contributed by atoms with Crippen LogP contribution in [0.15, 0.2) is 88.3 Å². The van der Waals surface area contributed by atoms with Gasteiger partial charge in [-0.25, -0.2) is 9.79 Å². The summed E-state index contributed by atoms with van der Waals surface area (Å²) < 4.78 is 30.8. The molecule has 0 unspecified atom stereocenters. The second kappa shape index (κ2) is 13.9. The maximum absolute atomic E-state index is 14.2. The molecule has 47 heavy (non-hydrogen) atoms. The third-order valence-electron chi connectivity index (χ3n) is 7.68. The van der Waals surface area contributed by atoms with E-state index in [9.17, 15) is 9.59 Å². The number of aromatic nitrogens is 1. The van der Waals surface area contributed by atoms with E-state index in [2.05, 4.69) is 11.6 Å². The van der Waals surface area contributed by atoms with E-state index in [-0.39, 0.29) is 31.1 Å². The molecule has 3 aromatic carbocycles. The molecule has 2 aliphatic rings. The van der Waals surface area contributed by atoms with Crippen LogP contribution in [0.5, 0.6) is 23.0 Å². The summed E-state index contributed by atoms with van der Waals surface area (Å²) in [6.45, 7) is 10.3. The number of ether oxygens (including phenoxy) is 5. The van der Waals surface area contributed by atoms with E-state index in [1.54, 1.807) is 42.7 Å². The van der Waals surface area contributed by atoms with Crippen molar-refractivity contribution < 1.29 is 28.5 Å². The van der Waals surface area contributed by atoms with Crippen molar-refractivity contribution in [2.75, 3.05) is 20.0 Å². The minimum atomic E-state index is -0.780. The maximum Gasteiger partial charge on any atom is 0.338 e. The first-order valence-corrected chi connectivity index (χ1v) is 16.4. The van der Waals surface area contributed by atoms with Crippen molar-refractivity contribution >= 4 is 35.0 Å². The van der Waals surface area contributed by atoms with Crippen molar-refractivity contribution in [1.82, 2.24) is 4.57 Å². The maximum atomic E-state index is 14.2. The summed E-state index contributed by atoms with van der Waals surface area (Å²) >= 11 is 7.62.